The van der Waals surface area contributed by atoms with Crippen molar-refractivity contribution >= 4 is 0 Å². The minimum Gasteiger partial charge on any atom is -0.428 e. The first kappa shape index (κ1) is 23.4. The number of ether oxygens (including phenoxy) is 1. The summed E-state index contributed by atoms with van der Waals surface area (Å²) in [5, 5.41) is 0. The third kappa shape index (κ3) is 4.99. The molecular formula is C23H23F7O. The number of benzene rings is 2. The van der Waals surface area contributed by atoms with Crippen LogP contribution in [0.4, 0.5) is 30.7 Å². The zero-order valence-corrected chi connectivity index (χ0v) is 16.9. The Morgan fingerprint density at radius 3 is 1.68 bits per heavy atom. The van der Waals surface area contributed by atoms with Crippen LogP contribution in [0.5, 0.6) is 5.75 Å². The van der Waals surface area contributed by atoms with E-state index in [0.717, 1.165) is 36.5 Å². The molecule has 1 nitrogen and oxygen atoms in total. The van der Waals surface area contributed by atoms with Crippen LogP contribution >= 0.6 is 0 Å². The number of halogens is 7. The van der Waals surface area contributed by atoms with Gasteiger partial charge in [0.1, 0.15) is 5.75 Å². The molecule has 1 aliphatic carbocycles. The molecule has 1 aliphatic rings. The van der Waals surface area contributed by atoms with E-state index in [1.54, 1.807) is 0 Å². The van der Waals surface area contributed by atoms with Crippen LogP contribution in [-0.4, -0.2) is 18.2 Å². The Labute approximate surface area is 176 Å². The molecule has 0 heterocycles. The Kier molecular flexibility index (Phi) is 6.58. The smallest absolute Gasteiger partial charge is 0.428 e. The van der Waals surface area contributed by atoms with Crippen molar-refractivity contribution in [3.63, 3.8) is 0 Å². The fourth-order valence-electron chi connectivity index (χ4n) is 3.94. The van der Waals surface area contributed by atoms with Gasteiger partial charge in [-0.3, -0.25) is 0 Å². The first-order valence-corrected chi connectivity index (χ1v) is 10.2. The molecule has 2 aromatic carbocycles. The Balaban J connectivity index is 1.68. The third-order valence-electron chi connectivity index (χ3n) is 5.96. The summed E-state index contributed by atoms with van der Waals surface area (Å²) in [5.41, 5.74) is 2.59. The third-order valence-corrected chi connectivity index (χ3v) is 5.96. The summed E-state index contributed by atoms with van der Waals surface area (Å²) in [7, 11) is 0. The summed E-state index contributed by atoms with van der Waals surface area (Å²) in [6, 6.07) is 12.3. The average Bonchev–Trinajstić information content (AvgIpc) is 2.73. The number of rotatable bonds is 6. The first-order chi connectivity index (χ1) is 14.4. The van der Waals surface area contributed by atoms with Gasteiger partial charge >= 0.3 is 18.2 Å². The molecule has 3 rings (SSSR count). The lowest BCUT2D eigenvalue weighted by Crippen LogP contribution is -2.55. The highest BCUT2D eigenvalue weighted by molar-refractivity contribution is 5.64. The highest BCUT2D eigenvalue weighted by Crippen LogP contribution is 2.47. The van der Waals surface area contributed by atoms with E-state index in [1.165, 1.54) is 37.0 Å². The lowest BCUT2D eigenvalue weighted by atomic mass is 9.77. The van der Waals surface area contributed by atoms with E-state index >= 15 is 0 Å². The van der Waals surface area contributed by atoms with Gasteiger partial charge in [-0.05, 0) is 66.3 Å². The van der Waals surface area contributed by atoms with Crippen molar-refractivity contribution in [3.8, 4) is 16.9 Å². The topological polar surface area (TPSA) is 9.23 Å². The molecule has 2 aromatic rings. The molecule has 0 aromatic heterocycles. The van der Waals surface area contributed by atoms with Gasteiger partial charge in [-0.15, -0.1) is 0 Å². The van der Waals surface area contributed by atoms with Gasteiger partial charge in [-0.2, -0.15) is 30.7 Å². The van der Waals surface area contributed by atoms with Crippen LogP contribution in [0.3, 0.4) is 0 Å². The van der Waals surface area contributed by atoms with Gasteiger partial charge in [-0.25, -0.2) is 0 Å². The van der Waals surface area contributed by atoms with E-state index in [0.29, 0.717) is 11.5 Å². The van der Waals surface area contributed by atoms with Crippen LogP contribution in [0.25, 0.3) is 11.1 Å². The zero-order valence-electron chi connectivity index (χ0n) is 16.9. The molecule has 31 heavy (non-hydrogen) atoms. The lowest BCUT2D eigenvalue weighted by Gasteiger charge is -2.28. The first-order valence-electron chi connectivity index (χ1n) is 10.2. The van der Waals surface area contributed by atoms with Crippen LogP contribution < -0.4 is 4.74 Å². The SMILES string of the molecule is CCC1CCC(c2ccc(-c3ccc(OC(F)(F)C(F)(F)C(F)(F)F)cc3)cc2)CC1. The zero-order chi connectivity index (χ0) is 22.9. The molecule has 8 heteroatoms. The van der Waals surface area contributed by atoms with Gasteiger partial charge < -0.3 is 4.74 Å². The normalized spacial score (nSPS) is 20.5. The molecule has 0 radical (unpaired) electrons. The molecule has 1 fully saturated rings. The Bertz CT molecular complexity index is 849. The van der Waals surface area contributed by atoms with Crippen molar-refractivity contribution in [2.75, 3.05) is 0 Å². The van der Waals surface area contributed by atoms with E-state index in [-0.39, 0.29) is 0 Å². The molecule has 0 N–H and O–H groups in total. The second-order valence-electron chi connectivity index (χ2n) is 7.96. The van der Waals surface area contributed by atoms with Crippen molar-refractivity contribution in [3.05, 3.63) is 54.1 Å². The number of hydrogen-bond acceptors (Lipinski definition) is 1. The molecule has 0 atom stereocenters. The number of hydrogen-bond donors (Lipinski definition) is 0. The molecule has 170 valence electrons. The van der Waals surface area contributed by atoms with Crippen molar-refractivity contribution < 1.29 is 35.5 Å². The highest BCUT2D eigenvalue weighted by Gasteiger charge is 2.75. The van der Waals surface area contributed by atoms with Crippen LogP contribution in [0.15, 0.2) is 48.5 Å². The lowest BCUT2D eigenvalue weighted by molar-refractivity contribution is -0.402. The van der Waals surface area contributed by atoms with E-state index in [4.69, 9.17) is 0 Å². The summed E-state index contributed by atoms with van der Waals surface area (Å²) >= 11 is 0. The maximum atomic E-state index is 13.4. The molecule has 0 bridgehead atoms. The minimum absolute atomic E-state index is 0.505. The fourth-order valence-corrected chi connectivity index (χ4v) is 3.94. The number of alkyl halides is 7. The van der Waals surface area contributed by atoms with Gasteiger partial charge in [0.15, 0.2) is 0 Å². The predicted molar refractivity (Wildman–Crippen MR) is 103 cm³/mol. The van der Waals surface area contributed by atoms with Gasteiger partial charge in [0.25, 0.3) is 0 Å². The van der Waals surface area contributed by atoms with Crippen molar-refractivity contribution in [1.82, 2.24) is 0 Å². The second kappa shape index (κ2) is 8.71. The second-order valence-corrected chi connectivity index (χ2v) is 7.96. The van der Waals surface area contributed by atoms with Gasteiger partial charge in [-0.1, -0.05) is 49.7 Å². The minimum atomic E-state index is -6.44. The molecule has 0 aliphatic heterocycles. The largest absolute Gasteiger partial charge is 0.474 e. The quantitative estimate of drug-likeness (QED) is 0.405. The highest BCUT2D eigenvalue weighted by atomic mass is 19.4. The van der Waals surface area contributed by atoms with Gasteiger partial charge in [0.2, 0.25) is 0 Å². The fraction of sp³-hybridized carbons (Fsp3) is 0.478. The molecule has 0 unspecified atom stereocenters. The van der Waals surface area contributed by atoms with E-state index in [1.807, 2.05) is 24.3 Å². The van der Waals surface area contributed by atoms with Crippen LogP contribution in [0, 0.1) is 5.92 Å². The maximum absolute atomic E-state index is 13.4. The summed E-state index contributed by atoms with van der Waals surface area (Å²) in [4.78, 5) is 0. The van der Waals surface area contributed by atoms with Crippen molar-refractivity contribution in [1.29, 1.82) is 0 Å². The molecular weight excluding hydrogens is 425 g/mol. The van der Waals surface area contributed by atoms with E-state index < -0.39 is 24.0 Å². The van der Waals surface area contributed by atoms with Crippen LogP contribution in [0.1, 0.15) is 50.5 Å². The predicted octanol–water partition coefficient (Wildman–Crippen LogP) is 8.21. The van der Waals surface area contributed by atoms with Crippen LogP contribution in [-0.2, 0) is 0 Å². The monoisotopic (exact) mass is 448 g/mol. The van der Waals surface area contributed by atoms with Crippen molar-refractivity contribution in [2.24, 2.45) is 5.92 Å². The Morgan fingerprint density at radius 2 is 1.23 bits per heavy atom. The van der Waals surface area contributed by atoms with Gasteiger partial charge in [0, 0.05) is 0 Å². The maximum Gasteiger partial charge on any atom is 0.474 e. The average molecular weight is 448 g/mol. The summed E-state index contributed by atoms with van der Waals surface area (Å²) < 4.78 is 93.0. The molecule has 0 saturated heterocycles. The van der Waals surface area contributed by atoms with Gasteiger partial charge in [0.05, 0.1) is 0 Å². The summed E-state index contributed by atoms with van der Waals surface area (Å²) in [5.74, 6) is -5.81. The summed E-state index contributed by atoms with van der Waals surface area (Å²) in [6.07, 6.45) is -6.27. The molecule has 0 spiro atoms. The molecule has 0 amide bonds. The Morgan fingerprint density at radius 1 is 0.742 bits per heavy atom. The molecule has 1 saturated carbocycles. The standard InChI is InChI=1S/C23H23F7O/c1-2-15-3-5-16(6-4-15)17-7-9-18(10-8-17)19-11-13-20(14-12-19)31-23(29,30)21(24,25)22(26,27)28/h7-16H,2-6H2,1H3. The van der Waals surface area contributed by atoms with Crippen molar-refractivity contribution in [2.45, 2.75) is 63.2 Å². The van der Waals surface area contributed by atoms with Crippen LogP contribution in [0.2, 0.25) is 0 Å². The Hall–Kier alpha value is -2.25. The van der Waals surface area contributed by atoms with E-state index in [2.05, 4.69) is 11.7 Å². The summed E-state index contributed by atoms with van der Waals surface area (Å²) in [6.45, 7) is 2.21. The van der Waals surface area contributed by atoms with E-state index in [9.17, 15) is 30.7 Å².